The number of hydrogen-bond acceptors (Lipinski definition) is 6. The van der Waals surface area contributed by atoms with Gasteiger partial charge in [-0.3, -0.25) is 30.3 Å². The normalized spacial score (nSPS) is 13.6. The summed E-state index contributed by atoms with van der Waals surface area (Å²) < 4.78 is 5.60. The lowest BCUT2D eigenvalue weighted by atomic mass is 10.1. The Morgan fingerprint density at radius 1 is 1.00 bits per heavy atom. The van der Waals surface area contributed by atoms with E-state index in [2.05, 4.69) is 0 Å². The molecule has 29 heavy (non-hydrogen) atoms. The van der Waals surface area contributed by atoms with Gasteiger partial charge in [-0.15, -0.1) is 0 Å². The van der Waals surface area contributed by atoms with Crippen LogP contribution in [0.15, 0.2) is 42.0 Å². The average molecular weight is 436 g/mol. The van der Waals surface area contributed by atoms with E-state index in [9.17, 15) is 24.5 Å². The van der Waals surface area contributed by atoms with Crippen LogP contribution in [-0.2, 0) is 16.2 Å². The third kappa shape index (κ3) is 4.71. The Labute approximate surface area is 173 Å². The minimum atomic E-state index is -0.900. The second-order valence-electron chi connectivity index (χ2n) is 5.82. The van der Waals surface area contributed by atoms with Gasteiger partial charge >= 0.3 is 6.03 Å². The predicted molar refractivity (Wildman–Crippen MR) is 104 cm³/mol. The van der Waals surface area contributed by atoms with Gasteiger partial charge in [-0.25, -0.2) is 4.79 Å². The molecular formula is C18H11Cl2N3O6. The van der Waals surface area contributed by atoms with Crippen LogP contribution in [0.3, 0.4) is 0 Å². The molecule has 4 amide bonds. The fraction of sp³-hybridized carbons (Fsp3) is 0.0556. The standard InChI is InChI=1S/C18H11Cl2N3O6/c19-13-6-10(5-12-16(24)21-18(26)22-17(12)25)7-14(20)15(13)29-8-9-1-3-11(4-2-9)23(27)28/h1-7H,8H2,(H2,21,22,24,25,26). The van der Waals surface area contributed by atoms with Gasteiger partial charge in [0.2, 0.25) is 0 Å². The molecule has 9 nitrogen and oxygen atoms in total. The van der Waals surface area contributed by atoms with Crippen LogP contribution in [0.25, 0.3) is 6.08 Å². The highest BCUT2D eigenvalue weighted by Gasteiger charge is 2.27. The average Bonchev–Trinajstić information content (AvgIpc) is 2.64. The van der Waals surface area contributed by atoms with Crippen molar-refractivity contribution in [1.82, 2.24) is 10.6 Å². The molecule has 0 spiro atoms. The number of carbonyl (C=O) groups is 3. The van der Waals surface area contributed by atoms with Crippen LogP contribution in [-0.4, -0.2) is 22.8 Å². The summed E-state index contributed by atoms with van der Waals surface area (Å²) in [6.07, 6.45) is 1.23. The van der Waals surface area contributed by atoms with Crippen molar-refractivity contribution in [2.24, 2.45) is 0 Å². The number of nitro groups is 1. The maximum absolute atomic E-state index is 11.8. The van der Waals surface area contributed by atoms with Gasteiger partial charge in [-0.2, -0.15) is 0 Å². The Morgan fingerprint density at radius 2 is 1.55 bits per heavy atom. The van der Waals surface area contributed by atoms with Crippen molar-refractivity contribution in [2.75, 3.05) is 0 Å². The van der Waals surface area contributed by atoms with Crippen LogP contribution in [0.5, 0.6) is 5.75 Å². The molecule has 0 unspecified atom stereocenters. The van der Waals surface area contributed by atoms with Gasteiger partial charge < -0.3 is 4.74 Å². The molecule has 3 rings (SSSR count). The summed E-state index contributed by atoms with van der Waals surface area (Å²) in [6, 6.07) is 7.75. The number of urea groups is 1. The van der Waals surface area contributed by atoms with E-state index < -0.39 is 22.8 Å². The summed E-state index contributed by atoms with van der Waals surface area (Å²) >= 11 is 12.4. The van der Waals surface area contributed by atoms with Gasteiger partial charge in [0, 0.05) is 12.1 Å². The molecule has 0 radical (unpaired) electrons. The van der Waals surface area contributed by atoms with Crippen molar-refractivity contribution >= 4 is 52.8 Å². The highest BCUT2D eigenvalue weighted by atomic mass is 35.5. The summed E-state index contributed by atoms with van der Waals surface area (Å²) in [4.78, 5) is 44.8. The first-order valence-corrected chi connectivity index (χ1v) is 8.73. The summed E-state index contributed by atoms with van der Waals surface area (Å²) in [5.41, 5.74) is 0.683. The minimum Gasteiger partial charge on any atom is -0.486 e. The Kier molecular flexibility index (Phi) is 5.81. The van der Waals surface area contributed by atoms with Crippen LogP contribution >= 0.6 is 23.2 Å². The van der Waals surface area contributed by atoms with E-state index in [0.717, 1.165) is 0 Å². The van der Waals surface area contributed by atoms with E-state index in [1.54, 1.807) is 12.1 Å². The summed E-state index contributed by atoms with van der Waals surface area (Å²) in [6.45, 7) is 0.0603. The molecule has 1 heterocycles. The van der Waals surface area contributed by atoms with Crippen molar-refractivity contribution in [3.8, 4) is 5.75 Å². The van der Waals surface area contributed by atoms with E-state index in [4.69, 9.17) is 27.9 Å². The summed E-state index contributed by atoms with van der Waals surface area (Å²) in [5.74, 6) is -1.52. The van der Waals surface area contributed by atoms with Crippen LogP contribution in [0.2, 0.25) is 10.0 Å². The molecule has 2 aromatic carbocycles. The number of nitro benzene ring substituents is 1. The Bertz CT molecular complexity index is 1020. The van der Waals surface area contributed by atoms with Crippen LogP contribution in [0.4, 0.5) is 10.5 Å². The number of nitrogens with one attached hydrogen (secondary N) is 2. The number of nitrogens with zero attached hydrogens (tertiary/aromatic N) is 1. The molecule has 0 saturated carbocycles. The van der Waals surface area contributed by atoms with Gasteiger partial charge in [-0.05, 0) is 41.5 Å². The zero-order chi connectivity index (χ0) is 21.1. The zero-order valence-corrected chi connectivity index (χ0v) is 15.9. The summed E-state index contributed by atoms with van der Waals surface area (Å²) in [5, 5.41) is 14.8. The highest BCUT2D eigenvalue weighted by Crippen LogP contribution is 2.35. The number of benzene rings is 2. The topological polar surface area (TPSA) is 128 Å². The predicted octanol–water partition coefficient (Wildman–Crippen LogP) is 3.23. The first-order valence-electron chi connectivity index (χ1n) is 7.98. The minimum absolute atomic E-state index is 0.0420. The van der Waals surface area contributed by atoms with Crippen molar-refractivity contribution in [3.63, 3.8) is 0 Å². The molecular weight excluding hydrogens is 425 g/mol. The van der Waals surface area contributed by atoms with Gasteiger partial charge in [0.1, 0.15) is 12.2 Å². The maximum Gasteiger partial charge on any atom is 0.328 e. The number of amides is 4. The van der Waals surface area contributed by atoms with Crippen LogP contribution in [0.1, 0.15) is 11.1 Å². The molecule has 1 saturated heterocycles. The lowest BCUT2D eigenvalue weighted by molar-refractivity contribution is -0.384. The quantitative estimate of drug-likeness (QED) is 0.321. The largest absolute Gasteiger partial charge is 0.486 e. The van der Waals surface area contributed by atoms with E-state index >= 15 is 0 Å². The smallest absolute Gasteiger partial charge is 0.328 e. The number of carbonyl (C=O) groups excluding carboxylic acids is 3. The van der Waals surface area contributed by atoms with E-state index in [1.165, 1.54) is 30.3 Å². The maximum atomic E-state index is 11.8. The SMILES string of the molecule is O=C1NC(=O)C(=Cc2cc(Cl)c(OCc3ccc([N+](=O)[O-])cc3)c(Cl)c2)C(=O)N1. The molecule has 1 aliphatic rings. The number of imide groups is 2. The molecule has 148 valence electrons. The summed E-state index contributed by atoms with van der Waals surface area (Å²) in [7, 11) is 0. The lowest BCUT2D eigenvalue weighted by Gasteiger charge is -2.14. The molecule has 0 bridgehead atoms. The van der Waals surface area contributed by atoms with Gasteiger partial charge in [0.15, 0.2) is 5.75 Å². The van der Waals surface area contributed by atoms with Crippen molar-refractivity contribution in [3.05, 3.63) is 73.3 Å². The van der Waals surface area contributed by atoms with Gasteiger partial charge in [-0.1, -0.05) is 23.2 Å². The van der Waals surface area contributed by atoms with Crippen LogP contribution in [0, 0.1) is 10.1 Å². The molecule has 0 aliphatic carbocycles. The Balaban J connectivity index is 1.78. The Hall–Kier alpha value is -3.43. The molecule has 1 aliphatic heterocycles. The van der Waals surface area contributed by atoms with E-state index in [1.807, 2.05) is 10.6 Å². The first-order chi connectivity index (χ1) is 13.7. The van der Waals surface area contributed by atoms with Crippen molar-refractivity contribution in [2.45, 2.75) is 6.61 Å². The molecule has 2 N–H and O–H groups in total. The zero-order valence-electron chi connectivity index (χ0n) is 14.4. The van der Waals surface area contributed by atoms with Crippen molar-refractivity contribution < 1.29 is 24.0 Å². The number of rotatable bonds is 5. The molecule has 0 aromatic heterocycles. The second kappa shape index (κ2) is 8.29. The van der Waals surface area contributed by atoms with Crippen molar-refractivity contribution in [1.29, 1.82) is 0 Å². The fourth-order valence-corrected chi connectivity index (χ4v) is 3.06. The third-order valence-corrected chi connectivity index (χ3v) is 4.37. The molecule has 11 heteroatoms. The fourth-order valence-electron chi connectivity index (χ4n) is 2.44. The number of non-ortho nitro benzene ring substituents is 1. The molecule has 1 fully saturated rings. The number of barbiturate groups is 1. The van der Waals surface area contributed by atoms with Gasteiger partial charge in [0.25, 0.3) is 17.5 Å². The second-order valence-corrected chi connectivity index (χ2v) is 6.64. The van der Waals surface area contributed by atoms with Crippen LogP contribution < -0.4 is 15.4 Å². The van der Waals surface area contributed by atoms with E-state index in [0.29, 0.717) is 11.1 Å². The molecule has 2 aromatic rings. The molecule has 0 atom stereocenters. The lowest BCUT2D eigenvalue weighted by Crippen LogP contribution is -2.51. The Morgan fingerprint density at radius 3 is 2.07 bits per heavy atom. The monoisotopic (exact) mass is 435 g/mol. The first kappa shape index (κ1) is 20.3. The van der Waals surface area contributed by atoms with E-state index in [-0.39, 0.29) is 33.7 Å². The number of hydrogen-bond donors (Lipinski definition) is 2. The number of ether oxygens (including phenoxy) is 1. The number of halogens is 2. The third-order valence-electron chi connectivity index (χ3n) is 3.81. The van der Waals surface area contributed by atoms with Gasteiger partial charge in [0.05, 0.1) is 15.0 Å². The highest BCUT2D eigenvalue weighted by molar-refractivity contribution is 6.37.